The molecule has 0 aromatic carbocycles. The molecule has 0 aliphatic carbocycles. The number of carbonyl (C=O) groups is 2. The van der Waals surface area contributed by atoms with Crippen molar-refractivity contribution in [2.24, 2.45) is 0 Å². The van der Waals surface area contributed by atoms with Crippen molar-refractivity contribution >= 4 is 11.9 Å². The Morgan fingerprint density at radius 2 is 2.31 bits per heavy atom. The lowest BCUT2D eigenvalue weighted by atomic mass is 9.91. The number of amides is 1. The molecule has 0 radical (unpaired) electrons. The minimum absolute atomic E-state index is 0.137. The summed E-state index contributed by atoms with van der Waals surface area (Å²) in [5.74, 6) is -1.05. The molecular weight excluding hydrogens is 170 g/mol. The molecule has 1 saturated heterocycles. The van der Waals surface area contributed by atoms with Gasteiger partial charge in [0.05, 0.1) is 0 Å². The van der Waals surface area contributed by atoms with Crippen molar-refractivity contribution in [1.29, 1.82) is 0 Å². The third-order valence-electron chi connectivity index (χ3n) is 2.65. The molecule has 0 aromatic heterocycles. The molecule has 1 heterocycles. The van der Waals surface area contributed by atoms with Gasteiger partial charge in [-0.2, -0.15) is 0 Å². The van der Waals surface area contributed by atoms with Crippen LogP contribution < -0.4 is 5.32 Å². The van der Waals surface area contributed by atoms with Crippen LogP contribution in [0.15, 0.2) is 0 Å². The van der Waals surface area contributed by atoms with Gasteiger partial charge in [0, 0.05) is 6.42 Å². The van der Waals surface area contributed by atoms with Crippen molar-refractivity contribution in [3.8, 4) is 0 Å². The summed E-state index contributed by atoms with van der Waals surface area (Å²) in [5, 5.41) is 11.6. The van der Waals surface area contributed by atoms with Crippen molar-refractivity contribution < 1.29 is 14.7 Å². The highest BCUT2D eigenvalue weighted by Crippen LogP contribution is 2.22. The summed E-state index contributed by atoms with van der Waals surface area (Å²) in [6, 6.07) is 0. The van der Waals surface area contributed by atoms with E-state index in [1.807, 2.05) is 0 Å². The topological polar surface area (TPSA) is 66.4 Å². The molecule has 1 aliphatic rings. The molecule has 2 N–H and O–H groups in total. The number of nitrogens with one attached hydrogen (secondary N) is 1. The van der Waals surface area contributed by atoms with Crippen LogP contribution in [0.1, 0.15) is 39.0 Å². The Balaban J connectivity index is 2.82. The Hall–Kier alpha value is -1.06. The molecule has 4 heteroatoms. The first-order valence-corrected chi connectivity index (χ1v) is 4.65. The van der Waals surface area contributed by atoms with E-state index in [1.165, 1.54) is 0 Å². The average Bonchev–Trinajstić information content (AvgIpc) is 2.27. The largest absolute Gasteiger partial charge is 0.480 e. The van der Waals surface area contributed by atoms with Crippen LogP contribution in [0.4, 0.5) is 0 Å². The zero-order chi connectivity index (χ0) is 9.90. The lowest BCUT2D eigenvalue weighted by molar-refractivity contribution is -0.147. The fourth-order valence-electron chi connectivity index (χ4n) is 1.68. The normalized spacial score (nSPS) is 29.2. The summed E-state index contributed by atoms with van der Waals surface area (Å²) in [5.41, 5.74) is -1.01. The minimum atomic E-state index is -1.01. The maximum absolute atomic E-state index is 11.2. The van der Waals surface area contributed by atoms with Crippen molar-refractivity contribution in [2.75, 3.05) is 0 Å². The molecule has 1 fully saturated rings. The van der Waals surface area contributed by atoms with Gasteiger partial charge in [-0.15, -0.1) is 0 Å². The fourth-order valence-corrected chi connectivity index (χ4v) is 1.68. The first kappa shape index (κ1) is 10.0. The Bertz CT molecular complexity index is 227. The molecule has 13 heavy (non-hydrogen) atoms. The highest BCUT2D eigenvalue weighted by molar-refractivity contribution is 5.87. The van der Waals surface area contributed by atoms with Crippen LogP contribution in [0.3, 0.4) is 0 Å². The van der Waals surface area contributed by atoms with Gasteiger partial charge < -0.3 is 10.4 Å². The van der Waals surface area contributed by atoms with E-state index in [9.17, 15) is 9.59 Å². The van der Waals surface area contributed by atoms with Crippen LogP contribution in [-0.2, 0) is 9.59 Å². The van der Waals surface area contributed by atoms with Crippen LogP contribution in [0, 0.1) is 0 Å². The molecular formula is C9H15NO3. The van der Waals surface area contributed by atoms with E-state index in [0.29, 0.717) is 19.3 Å². The van der Waals surface area contributed by atoms with Crippen LogP contribution in [0.5, 0.6) is 0 Å². The number of aliphatic carboxylic acids is 1. The van der Waals surface area contributed by atoms with Gasteiger partial charge >= 0.3 is 5.97 Å². The monoisotopic (exact) mass is 185 g/mol. The van der Waals surface area contributed by atoms with E-state index in [-0.39, 0.29) is 5.91 Å². The molecule has 74 valence electrons. The predicted octanol–water partition coefficient (Wildman–Crippen LogP) is 0.910. The Morgan fingerprint density at radius 3 is 2.85 bits per heavy atom. The number of carbonyl (C=O) groups excluding carboxylic acids is 1. The number of carboxylic acids is 1. The smallest absolute Gasteiger partial charge is 0.329 e. The van der Waals surface area contributed by atoms with E-state index < -0.39 is 11.5 Å². The second-order valence-electron chi connectivity index (χ2n) is 3.50. The standard InChI is InChI=1S/C9H15NO3/c1-2-9(8(12)13)6-4-3-5-7(11)10-9/h2-6H2,1H3,(H,10,11)(H,12,13)/t9-/m0/s1. The second kappa shape index (κ2) is 3.77. The average molecular weight is 185 g/mol. The van der Waals surface area contributed by atoms with Crippen molar-refractivity contribution in [2.45, 2.75) is 44.6 Å². The molecule has 0 bridgehead atoms. The van der Waals surface area contributed by atoms with Crippen molar-refractivity contribution in [3.63, 3.8) is 0 Å². The molecule has 4 nitrogen and oxygen atoms in total. The molecule has 1 aliphatic heterocycles. The molecule has 0 unspecified atom stereocenters. The van der Waals surface area contributed by atoms with E-state index >= 15 is 0 Å². The second-order valence-corrected chi connectivity index (χ2v) is 3.50. The summed E-state index contributed by atoms with van der Waals surface area (Å²) in [6.45, 7) is 1.79. The van der Waals surface area contributed by atoms with Gasteiger partial charge in [-0.3, -0.25) is 4.79 Å². The third-order valence-corrected chi connectivity index (χ3v) is 2.65. The maximum atomic E-state index is 11.2. The zero-order valence-corrected chi connectivity index (χ0v) is 7.80. The van der Waals surface area contributed by atoms with Crippen molar-refractivity contribution in [3.05, 3.63) is 0 Å². The summed E-state index contributed by atoms with van der Waals surface area (Å²) < 4.78 is 0. The summed E-state index contributed by atoms with van der Waals surface area (Å²) in [7, 11) is 0. The quantitative estimate of drug-likeness (QED) is 0.672. The molecule has 0 spiro atoms. The fraction of sp³-hybridized carbons (Fsp3) is 0.778. The van der Waals surface area contributed by atoms with Crippen LogP contribution in [-0.4, -0.2) is 22.5 Å². The molecule has 1 rings (SSSR count). The molecule has 0 aromatic rings. The summed E-state index contributed by atoms with van der Waals surface area (Å²) in [6.07, 6.45) is 3.05. The minimum Gasteiger partial charge on any atom is -0.480 e. The van der Waals surface area contributed by atoms with Gasteiger partial charge in [0.2, 0.25) is 5.91 Å². The lowest BCUT2D eigenvalue weighted by Crippen LogP contribution is -2.53. The number of rotatable bonds is 2. The van der Waals surface area contributed by atoms with Crippen LogP contribution in [0.25, 0.3) is 0 Å². The van der Waals surface area contributed by atoms with E-state index in [4.69, 9.17) is 5.11 Å². The number of hydrogen-bond donors (Lipinski definition) is 2. The molecule has 1 amide bonds. The van der Waals surface area contributed by atoms with Gasteiger partial charge in [-0.1, -0.05) is 6.92 Å². The first-order valence-electron chi connectivity index (χ1n) is 4.65. The summed E-state index contributed by atoms with van der Waals surface area (Å²) in [4.78, 5) is 22.2. The van der Waals surface area contributed by atoms with Crippen LogP contribution in [0.2, 0.25) is 0 Å². The third kappa shape index (κ3) is 1.99. The molecule has 1 atom stereocenters. The van der Waals surface area contributed by atoms with Crippen LogP contribution >= 0.6 is 0 Å². The first-order chi connectivity index (χ1) is 6.10. The summed E-state index contributed by atoms with van der Waals surface area (Å²) >= 11 is 0. The highest BCUT2D eigenvalue weighted by atomic mass is 16.4. The number of carboxylic acid groups (broad SMARTS) is 1. The van der Waals surface area contributed by atoms with E-state index in [1.54, 1.807) is 6.92 Å². The lowest BCUT2D eigenvalue weighted by Gasteiger charge is -2.27. The Kier molecular flexibility index (Phi) is 2.90. The zero-order valence-electron chi connectivity index (χ0n) is 7.80. The molecule has 0 saturated carbocycles. The maximum Gasteiger partial charge on any atom is 0.329 e. The van der Waals surface area contributed by atoms with Gasteiger partial charge in [0.15, 0.2) is 0 Å². The van der Waals surface area contributed by atoms with E-state index in [0.717, 1.165) is 12.8 Å². The van der Waals surface area contributed by atoms with Gasteiger partial charge in [-0.05, 0) is 25.7 Å². The van der Waals surface area contributed by atoms with Crippen molar-refractivity contribution in [1.82, 2.24) is 5.32 Å². The Labute approximate surface area is 77.3 Å². The van der Waals surface area contributed by atoms with Gasteiger partial charge in [0.25, 0.3) is 0 Å². The highest BCUT2D eigenvalue weighted by Gasteiger charge is 2.38. The predicted molar refractivity (Wildman–Crippen MR) is 47.3 cm³/mol. The van der Waals surface area contributed by atoms with Gasteiger partial charge in [-0.25, -0.2) is 4.79 Å². The van der Waals surface area contributed by atoms with Gasteiger partial charge in [0.1, 0.15) is 5.54 Å². The Morgan fingerprint density at radius 1 is 1.62 bits per heavy atom. The number of hydrogen-bond acceptors (Lipinski definition) is 2. The SMILES string of the molecule is CC[C@@]1(C(=O)O)CCCCC(=O)N1. The van der Waals surface area contributed by atoms with E-state index in [2.05, 4.69) is 5.32 Å².